The van der Waals surface area contributed by atoms with Crippen molar-refractivity contribution in [3.63, 3.8) is 0 Å². The number of Topliss-reactive ketones (excluding diaryl/α,β-unsaturated/α-hetero) is 1. The van der Waals surface area contributed by atoms with Crippen LogP contribution in [0.25, 0.3) is 0 Å². The molecular formula is C24H38N2O4. The Balaban J connectivity index is 1.43. The SMILES string of the molecule is C[C@]12CCC(O[C@@H]3CCNC3)CC1[C@@H](CO)[C@@H](O)[C@@H]1[C@@H]2CC[C@]2(C=N)C(=O)CC[C@@H]12. The second-order valence-corrected chi connectivity index (χ2v) is 11.1. The molecule has 168 valence electrons. The van der Waals surface area contributed by atoms with Crippen LogP contribution in [0.4, 0.5) is 0 Å². The van der Waals surface area contributed by atoms with E-state index in [0.717, 1.165) is 58.0 Å². The molecule has 4 aliphatic carbocycles. The van der Waals surface area contributed by atoms with Gasteiger partial charge in [0, 0.05) is 31.7 Å². The second kappa shape index (κ2) is 7.65. The van der Waals surface area contributed by atoms with Crippen LogP contribution in [0.1, 0.15) is 58.3 Å². The molecule has 6 heteroatoms. The zero-order valence-electron chi connectivity index (χ0n) is 18.2. The lowest BCUT2D eigenvalue weighted by atomic mass is 9.42. The van der Waals surface area contributed by atoms with Crippen LogP contribution in [-0.4, -0.2) is 60.2 Å². The quantitative estimate of drug-likeness (QED) is 0.524. The van der Waals surface area contributed by atoms with E-state index in [0.29, 0.717) is 18.4 Å². The van der Waals surface area contributed by atoms with Crippen molar-refractivity contribution < 1.29 is 19.7 Å². The molecule has 0 aromatic heterocycles. The second-order valence-electron chi connectivity index (χ2n) is 11.1. The van der Waals surface area contributed by atoms with Gasteiger partial charge in [-0.2, -0.15) is 0 Å². The van der Waals surface area contributed by atoms with Gasteiger partial charge in [-0.05, 0) is 80.6 Å². The van der Waals surface area contributed by atoms with Gasteiger partial charge in [0.05, 0.1) is 23.7 Å². The summed E-state index contributed by atoms with van der Waals surface area (Å²) in [7, 11) is 0. The van der Waals surface area contributed by atoms with Crippen LogP contribution in [0, 0.1) is 45.8 Å². The van der Waals surface area contributed by atoms with Crippen LogP contribution in [-0.2, 0) is 9.53 Å². The number of nitrogens with one attached hydrogen (secondary N) is 2. The maximum atomic E-state index is 12.8. The molecule has 0 spiro atoms. The van der Waals surface area contributed by atoms with Gasteiger partial charge in [-0.15, -0.1) is 0 Å². The Morgan fingerprint density at radius 1 is 1.17 bits per heavy atom. The van der Waals surface area contributed by atoms with Gasteiger partial charge in [0.25, 0.3) is 0 Å². The minimum absolute atomic E-state index is 0.0133. The van der Waals surface area contributed by atoms with E-state index < -0.39 is 11.5 Å². The van der Waals surface area contributed by atoms with Crippen molar-refractivity contribution in [2.75, 3.05) is 19.7 Å². The van der Waals surface area contributed by atoms with E-state index in [1.54, 1.807) is 0 Å². The molecule has 0 bridgehead atoms. The van der Waals surface area contributed by atoms with E-state index in [9.17, 15) is 15.0 Å². The molecule has 0 aromatic carbocycles. The van der Waals surface area contributed by atoms with Gasteiger partial charge in [-0.25, -0.2) is 0 Å². The van der Waals surface area contributed by atoms with E-state index >= 15 is 0 Å². The number of ketones is 1. The Morgan fingerprint density at radius 2 is 2.00 bits per heavy atom. The molecule has 6 nitrogen and oxygen atoms in total. The highest BCUT2D eigenvalue weighted by Gasteiger charge is 2.65. The van der Waals surface area contributed by atoms with Crippen molar-refractivity contribution in [1.29, 1.82) is 5.41 Å². The van der Waals surface area contributed by atoms with Crippen LogP contribution in [0.5, 0.6) is 0 Å². The molecule has 10 atom stereocenters. The van der Waals surface area contributed by atoms with E-state index in [2.05, 4.69) is 12.2 Å². The van der Waals surface area contributed by atoms with Gasteiger partial charge in [0.2, 0.25) is 0 Å². The zero-order valence-corrected chi connectivity index (χ0v) is 18.2. The number of carbonyl (C=O) groups is 1. The van der Waals surface area contributed by atoms with Crippen LogP contribution in [0.15, 0.2) is 0 Å². The summed E-state index contributed by atoms with van der Waals surface area (Å²) in [5, 5.41) is 33.4. The average molecular weight is 419 g/mol. The van der Waals surface area contributed by atoms with Gasteiger partial charge < -0.3 is 25.7 Å². The molecule has 2 unspecified atom stereocenters. The summed E-state index contributed by atoms with van der Waals surface area (Å²) in [6, 6.07) is 0. The predicted octanol–water partition coefficient (Wildman–Crippen LogP) is 2.16. The first-order chi connectivity index (χ1) is 14.4. The van der Waals surface area contributed by atoms with Gasteiger partial charge in [0.1, 0.15) is 5.78 Å². The van der Waals surface area contributed by atoms with E-state index in [4.69, 9.17) is 10.1 Å². The van der Waals surface area contributed by atoms with Crippen molar-refractivity contribution in [1.82, 2.24) is 5.32 Å². The Kier molecular flexibility index (Phi) is 5.36. The third-order valence-electron chi connectivity index (χ3n) is 10.1. The molecule has 4 saturated carbocycles. The van der Waals surface area contributed by atoms with E-state index in [1.165, 1.54) is 6.21 Å². The topological polar surface area (TPSA) is 103 Å². The summed E-state index contributed by atoms with van der Waals surface area (Å²) >= 11 is 0. The molecule has 1 aliphatic heterocycles. The van der Waals surface area contributed by atoms with Crippen molar-refractivity contribution >= 4 is 12.0 Å². The summed E-state index contributed by atoms with van der Waals surface area (Å²) in [6.07, 6.45) is 8.37. The number of aliphatic hydroxyl groups is 2. The number of fused-ring (bicyclic) bond motifs is 5. The Bertz CT molecular complexity index is 695. The first-order valence-electron chi connectivity index (χ1n) is 12.1. The number of carbonyl (C=O) groups excluding carboxylic acids is 1. The smallest absolute Gasteiger partial charge is 0.144 e. The number of hydrogen-bond acceptors (Lipinski definition) is 6. The number of aliphatic hydroxyl groups excluding tert-OH is 2. The normalized spacial score (nSPS) is 53.1. The molecule has 5 fully saturated rings. The largest absolute Gasteiger partial charge is 0.396 e. The standard InChI is InChI=1S/C24H38N2O4/c1-23-7-4-14(30-15-6-9-26-11-15)10-19(23)16(12-27)22(29)21-17(23)5-8-24(13-25)18(21)2-3-20(24)28/h13-19,21-22,25-27,29H,2-12H2,1H3/t14?,15-,16-,17+,18+,19?,21-,22-,23-,24-/m1/s1. The van der Waals surface area contributed by atoms with Crippen molar-refractivity contribution in [3.05, 3.63) is 0 Å². The van der Waals surface area contributed by atoms with Gasteiger partial charge >= 0.3 is 0 Å². The molecule has 5 rings (SSSR count). The van der Waals surface area contributed by atoms with Crippen molar-refractivity contribution in [3.8, 4) is 0 Å². The van der Waals surface area contributed by atoms with Gasteiger partial charge in [0.15, 0.2) is 0 Å². The minimum atomic E-state index is -0.666. The summed E-state index contributed by atoms with van der Waals surface area (Å²) in [6.45, 7) is 4.32. The average Bonchev–Trinajstić information content (AvgIpc) is 3.37. The fourth-order valence-electron chi connectivity index (χ4n) is 8.57. The van der Waals surface area contributed by atoms with Crippen LogP contribution >= 0.6 is 0 Å². The molecule has 0 amide bonds. The number of hydrogen-bond donors (Lipinski definition) is 4. The summed E-state index contributed by atoms with van der Waals surface area (Å²) in [5.41, 5.74) is -0.605. The molecular weight excluding hydrogens is 380 g/mol. The third-order valence-corrected chi connectivity index (χ3v) is 10.1. The number of ether oxygens (including phenoxy) is 1. The molecule has 1 saturated heterocycles. The first kappa shape index (κ1) is 21.0. The molecule has 1 heterocycles. The summed E-state index contributed by atoms with van der Waals surface area (Å²) in [4.78, 5) is 12.8. The third kappa shape index (κ3) is 2.90. The van der Waals surface area contributed by atoms with Crippen LogP contribution in [0.3, 0.4) is 0 Å². The summed E-state index contributed by atoms with van der Waals surface area (Å²) in [5.74, 6) is 0.711. The van der Waals surface area contributed by atoms with E-state index in [1.807, 2.05) is 0 Å². The van der Waals surface area contributed by atoms with Crippen LogP contribution < -0.4 is 5.32 Å². The Hall–Kier alpha value is -0.820. The lowest BCUT2D eigenvalue weighted by Gasteiger charge is -2.63. The minimum Gasteiger partial charge on any atom is -0.396 e. The highest BCUT2D eigenvalue weighted by atomic mass is 16.5. The first-order valence-corrected chi connectivity index (χ1v) is 12.1. The van der Waals surface area contributed by atoms with Crippen molar-refractivity contribution in [2.45, 2.75) is 76.6 Å². The predicted molar refractivity (Wildman–Crippen MR) is 113 cm³/mol. The Labute approximate surface area is 179 Å². The van der Waals surface area contributed by atoms with Crippen LogP contribution in [0.2, 0.25) is 0 Å². The van der Waals surface area contributed by atoms with Crippen molar-refractivity contribution in [2.24, 2.45) is 40.4 Å². The molecule has 30 heavy (non-hydrogen) atoms. The summed E-state index contributed by atoms with van der Waals surface area (Å²) < 4.78 is 6.43. The lowest BCUT2D eigenvalue weighted by molar-refractivity contribution is -0.206. The molecule has 0 radical (unpaired) electrons. The maximum absolute atomic E-state index is 12.8. The lowest BCUT2D eigenvalue weighted by Crippen LogP contribution is -2.63. The van der Waals surface area contributed by atoms with Gasteiger partial charge in [-0.3, -0.25) is 4.79 Å². The maximum Gasteiger partial charge on any atom is 0.144 e. The molecule has 4 N–H and O–H groups in total. The highest BCUT2D eigenvalue weighted by Crippen LogP contribution is 2.66. The Morgan fingerprint density at radius 3 is 2.70 bits per heavy atom. The van der Waals surface area contributed by atoms with Gasteiger partial charge in [-0.1, -0.05) is 6.92 Å². The monoisotopic (exact) mass is 418 g/mol. The number of rotatable bonds is 4. The highest BCUT2D eigenvalue weighted by molar-refractivity contribution is 6.01. The zero-order chi connectivity index (χ0) is 21.1. The molecule has 0 aromatic rings. The fourth-order valence-corrected chi connectivity index (χ4v) is 8.57. The van der Waals surface area contributed by atoms with E-state index in [-0.39, 0.29) is 47.6 Å². The molecule has 5 aliphatic rings. The fraction of sp³-hybridized carbons (Fsp3) is 0.917.